The van der Waals surface area contributed by atoms with Gasteiger partial charge in [0.25, 0.3) is 0 Å². The van der Waals surface area contributed by atoms with E-state index in [1.165, 1.54) is 0 Å². The summed E-state index contributed by atoms with van der Waals surface area (Å²) < 4.78 is 11.2. The maximum atomic E-state index is 5.65. The summed E-state index contributed by atoms with van der Waals surface area (Å²) in [7, 11) is 0. The normalized spacial score (nSPS) is 18.4. The molecule has 0 aromatic heterocycles. The Morgan fingerprint density at radius 2 is 2.10 bits per heavy atom. The lowest BCUT2D eigenvalue weighted by molar-refractivity contribution is 0.332. The van der Waals surface area contributed by atoms with Crippen LogP contribution in [0.1, 0.15) is 20.8 Å². The van der Waals surface area contributed by atoms with E-state index in [9.17, 15) is 0 Å². The van der Waals surface area contributed by atoms with E-state index in [-0.39, 0.29) is 0 Å². The predicted octanol–water partition coefficient (Wildman–Crippen LogP) is 3.63. The number of nitrogens with one attached hydrogen (secondary N) is 1. The van der Waals surface area contributed by atoms with Gasteiger partial charge in [0.1, 0.15) is 11.5 Å². The molecule has 1 unspecified atom stereocenters. The predicted molar refractivity (Wildman–Crippen MR) is 86.3 cm³/mol. The standard InChI is InChI=1S/C15H22N2O2S/c1-4-18-12-6-7-14(19-5-2)13(8-12)17-15-16-9-11(3)10-20-15/h6-8,11H,4-5,9-10H2,1-3H3,(H,16,17). The Labute approximate surface area is 125 Å². The molecule has 1 aromatic carbocycles. The number of anilines is 1. The van der Waals surface area contributed by atoms with Gasteiger partial charge in [0, 0.05) is 18.4 Å². The van der Waals surface area contributed by atoms with Gasteiger partial charge in [-0.15, -0.1) is 0 Å². The van der Waals surface area contributed by atoms with Crippen LogP contribution in [0.2, 0.25) is 0 Å². The molecule has 0 fully saturated rings. The molecule has 0 spiro atoms. The van der Waals surface area contributed by atoms with Gasteiger partial charge in [-0.2, -0.15) is 0 Å². The molecule has 0 radical (unpaired) electrons. The lowest BCUT2D eigenvalue weighted by atomic mass is 10.2. The van der Waals surface area contributed by atoms with Crippen LogP contribution in [0.5, 0.6) is 11.5 Å². The highest BCUT2D eigenvalue weighted by Gasteiger charge is 2.14. The van der Waals surface area contributed by atoms with Gasteiger partial charge in [-0.3, -0.25) is 4.99 Å². The summed E-state index contributed by atoms with van der Waals surface area (Å²) in [4.78, 5) is 4.55. The third kappa shape index (κ3) is 4.07. The summed E-state index contributed by atoms with van der Waals surface area (Å²) in [6.45, 7) is 8.35. The van der Waals surface area contributed by atoms with Crippen molar-refractivity contribution in [3.05, 3.63) is 18.2 Å². The van der Waals surface area contributed by atoms with Crippen LogP contribution in [-0.4, -0.2) is 30.7 Å². The third-order valence-electron chi connectivity index (χ3n) is 2.85. The Morgan fingerprint density at radius 1 is 1.30 bits per heavy atom. The van der Waals surface area contributed by atoms with Crippen LogP contribution in [0.4, 0.5) is 5.69 Å². The van der Waals surface area contributed by atoms with Crippen molar-refractivity contribution < 1.29 is 9.47 Å². The van der Waals surface area contributed by atoms with Crippen molar-refractivity contribution in [1.29, 1.82) is 0 Å². The number of amidine groups is 1. The molecule has 1 aliphatic rings. The summed E-state index contributed by atoms with van der Waals surface area (Å²) in [6, 6.07) is 5.83. The Morgan fingerprint density at radius 3 is 2.75 bits per heavy atom. The van der Waals surface area contributed by atoms with Crippen LogP contribution in [0.15, 0.2) is 23.2 Å². The molecule has 1 aromatic rings. The fourth-order valence-electron chi connectivity index (χ4n) is 1.89. The first kappa shape index (κ1) is 15.0. The van der Waals surface area contributed by atoms with Gasteiger partial charge >= 0.3 is 0 Å². The molecular formula is C15H22N2O2S. The van der Waals surface area contributed by atoms with Gasteiger partial charge in [-0.25, -0.2) is 0 Å². The third-order valence-corrected chi connectivity index (χ3v) is 4.09. The maximum Gasteiger partial charge on any atom is 0.161 e. The number of hydrogen-bond acceptors (Lipinski definition) is 5. The van der Waals surface area contributed by atoms with E-state index in [4.69, 9.17) is 9.47 Å². The van der Waals surface area contributed by atoms with E-state index in [0.717, 1.165) is 34.7 Å². The number of nitrogens with zero attached hydrogens (tertiary/aromatic N) is 1. The second-order valence-corrected chi connectivity index (χ2v) is 5.72. The lowest BCUT2D eigenvalue weighted by Gasteiger charge is -2.19. The molecule has 0 bridgehead atoms. The van der Waals surface area contributed by atoms with Crippen LogP contribution < -0.4 is 14.8 Å². The number of rotatable bonds is 5. The molecular weight excluding hydrogens is 272 g/mol. The quantitative estimate of drug-likeness (QED) is 0.900. The van der Waals surface area contributed by atoms with Crippen LogP contribution in [0.3, 0.4) is 0 Å². The monoisotopic (exact) mass is 294 g/mol. The van der Waals surface area contributed by atoms with E-state index in [0.29, 0.717) is 19.1 Å². The average molecular weight is 294 g/mol. The summed E-state index contributed by atoms with van der Waals surface area (Å²) in [6.07, 6.45) is 0. The highest BCUT2D eigenvalue weighted by Crippen LogP contribution is 2.31. The van der Waals surface area contributed by atoms with E-state index in [1.807, 2.05) is 32.0 Å². The van der Waals surface area contributed by atoms with Crippen LogP contribution in [0.25, 0.3) is 0 Å². The fraction of sp³-hybridized carbons (Fsp3) is 0.533. The van der Waals surface area contributed by atoms with Gasteiger partial charge in [0.2, 0.25) is 0 Å². The lowest BCUT2D eigenvalue weighted by Crippen LogP contribution is -2.19. The summed E-state index contributed by atoms with van der Waals surface area (Å²) in [5.74, 6) is 3.42. The maximum absolute atomic E-state index is 5.65. The number of aliphatic imine (C=N–C) groups is 1. The average Bonchev–Trinajstić information content (AvgIpc) is 2.45. The zero-order chi connectivity index (χ0) is 14.4. The summed E-state index contributed by atoms with van der Waals surface area (Å²) >= 11 is 1.75. The highest BCUT2D eigenvalue weighted by atomic mass is 32.2. The summed E-state index contributed by atoms with van der Waals surface area (Å²) in [5.41, 5.74) is 0.915. The Hall–Kier alpha value is -1.36. The molecule has 0 aliphatic carbocycles. The van der Waals surface area contributed by atoms with Gasteiger partial charge in [-0.1, -0.05) is 18.7 Å². The molecule has 4 nitrogen and oxygen atoms in total. The fourth-order valence-corrected chi connectivity index (χ4v) is 2.79. The highest BCUT2D eigenvalue weighted by molar-refractivity contribution is 8.14. The van der Waals surface area contributed by atoms with E-state index >= 15 is 0 Å². The SMILES string of the molecule is CCOc1ccc(OCC)c(NC2=NCC(C)CS2)c1. The van der Waals surface area contributed by atoms with Gasteiger partial charge in [0.15, 0.2) is 5.17 Å². The smallest absolute Gasteiger partial charge is 0.161 e. The van der Waals surface area contributed by atoms with E-state index in [1.54, 1.807) is 11.8 Å². The minimum absolute atomic E-state index is 0.638. The van der Waals surface area contributed by atoms with Gasteiger partial charge < -0.3 is 14.8 Å². The molecule has 0 saturated heterocycles. The number of benzene rings is 1. The van der Waals surface area contributed by atoms with Crippen molar-refractivity contribution in [3.8, 4) is 11.5 Å². The van der Waals surface area contributed by atoms with E-state index in [2.05, 4.69) is 17.2 Å². The Bertz CT molecular complexity index is 477. The molecule has 110 valence electrons. The molecule has 20 heavy (non-hydrogen) atoms. The Balaban J connectivity index is 2.16. The first-order chi connectivity index (χ1) is 9.72. The van der Waals surface area contributed by atoms with Gasteiger partial charge in [-0.05, 0) is 31.9 Å². The Kier molecular flexibility index (Phi) is 5.59. The molecule has 1 aliphatic heterocycles. The molecule has 1 atom stereocenters. The van der Waals surface area contributed by atoms with Crippen molar-refractivity contribution in [3.63, 3.8) is 0 Å². The van der Waals surface area contributed by atoms with Crippen LogP contribution in [-0.2, 0) is 0 Å². The molecule has 2 rings (SSSR count). The molecule has 0 saturated carbocycles. The van der Waals surface area contributed by atoms with Crippen molar-refractivity contribution in [1.82, 2.24) is 0 Å². The molecule has 1 heterocycles. The second-order valence-electron chi connectivity index (χ2n) is 4.71. The van der Waals surface area contributed by atoms with Gasteiger partial charge in [0.05, 0.1) is 18.9 Å². The van der Waals surface area contributed by atoms with Crippen molar-refractivity contribution >= 4 is 22.6 Å². The number of thioether (sulfide) groups is 1. The van der Waals surface area contributed by atoms with Crippen molar-refractivity contribution in [2.75, 3.05) is 30.8 Å². The summed E-state index contributed by atoms with van der Waals surface area (Å²) in [5, 5.41) is 4.32. The number of hydrogen-bond donors (Lipinski definition) is 1. The zero-order valence-electron chi connectivity index (χ0n) is 12.3. The first-order valence-corrected chi connectivity index (χ1v) is 8.05. The molecule has 1 N–H and O–H groups in total. The second kappa shape index (κ2) is 7.43. The van der Waals surface area contributed by atoms with Crippen molar-refractivity contribution in [2.45, 2.75) is 20.8 Å². The van der Waals surface area contributed by atoms with Crippen LogP contribution in [0, 0.1) is 5.92 Å². The van der Waals surface area contributed by atoms with Crippen molar-refractivity contribution in [2.24, 2.45) is 10.9 Å². The number of ether oxygens (including phenoxy) is 2. The first-order valence-electron chi connectivity index (χ1n) is 7.06. The molecule has 0 amide bonds. The van der Waals surface area contributed by atoms with E-state index < -0.39 is 0 Å². The van der Waals surface area contributed by atoms with Crippen LogP contribution >= 0.6 is 11.8 Å². The minimum atomic E-state index is 0.638. The largest absolute Gasteiger partial charge is 0.494 e. The topological polar surface area (TPSA) is 42.9 Å². The molecule has 5 heteroatoms. The minimum Gasteiger partial charge on any atom is -0.494 e. The zero-order valence-corrected chi connectivity index (χ0v) is 13.1.